The molecule has 3 nitrogen and oxygen atoms in total. The van der Waals surface area contributed by atoms with Crippen molar-refractivity contribution in [3.8, 4) is 5.75 Å². The van der Waals surface area contributed by atoms with Crippen molar-refractivity contribution < 1.29 is 4.74 Å². The minimum Gasteiger partial charge on any atom is -0.443 e. The third kappa shape index (κ3) is 0.988. The standard InChI is InChI=1S/C11H8N2O/c1-2-8-3-4-9-6-12-7-14-11(9)10(8)13-5-1/h2-7H,1H2. The lowest BCUT2D eigenvalue weighted by Crippen LogP contribution is -2.17. The van der Waals surface area contributed by atoms with Crippen molar-refractivity contribution in [3.63, 3.8) is 0 Å². The van der Waals surface area contributed by atoms with Gasteiger partial charge in [0.2, 0.25) is 0 Å². The van der Waals surface area contributed by atoms with Gasteiger partial charge in [-0.1, -0.05) is 12.1 Å². The number of hydrogen-bond acceptors (Lipinski definition) is 3. The fourth-order valence-electron chi connectivity index (χ4n) is 1.64. The third-order valence-corrected chi connectivity index (χ3v) is 2.30. The Balaban J connectivity index is 2.42. The van der Waals surface area contributed by atoms with Crippen LogP contribution in [0, 0.1) is 0 Å². The highest BCUT2D eigenvalue weighted by Crippen LogP contribution is 2.20. The van der Waals surface area contributed by atoms with Gasteiger partial charge in [-0.2, -0.15) is 0 Å². The summed E-state index contributed by atoms with van der Waals surface area (Å²) in [6.07, 6.45) is 8.13. The van der Waals surface area contributed by atoms with E-state index in [2.05, 4.69) is 16.1 Å². The molecule has 0 saturated carbocycles. The first-order chi connectivity index (χ1) is 6.95. The van der Waals surface area contributed by atoms with E-state index in [0.29, 0.717) is 0 Å². The maximum atomic E-state index is 5.37. The van der Waals surface area contributed by atoms with Crippen molar-refractivity contribution in [2.75, 3.05) is 0 Å². The van der Waals surface area contributed by atoms with Crippen LogP contribution in [0.25, 0.3) is 12.3 Å². The number of benzene rings is 1. The van der Waals surface area contributed by atoms with Crippen LogP contribution in [0.2, 0.25) is 0 Å². The van der Waals surface area contributed by atoms with Crippen LogP contribution in [0.1, 0.15) is 6.42 Å². The Morgan fingerprint density at radius 2 is 2.14 bits per heavy atom. The zero-order chi connectivity index (χ0) is 9.38. The second-order valence-corrected chi connectivity index (χ2v) is 3.17. The summed E-state index contributed by atoms with van der Waals surface area (Å²) >= 11 is 0. The van der Waals surface area contributed by atoms with Gasteiger partial charge in [0, 0.05) is 29.3 Å². The topological polar surface area (TPSA) is 34.0 Å². The molecule has 3 heteroatoms. The Morgan fingerprint density at radius 1 is 1.21 bits per heavy atom. The second-order valence-electron chi connectivity index (χ2n) is 3.17. The summed E-state index contributed by atoms with van der Waals surface area (Å²) < 4.78 is 5.37. The van der Waals surface area contributed by atoms with Crippen molar-refractivity contribution in [1.29, 1.82) is 0 Å². The molecule has 0 bridgehead atoms. The van der Waals surface area contributed by atoms with Gasteiger partial charge in [0.25, 0.3) is 0 Å². The highest BCUT2D eigenvalue weighted by molar-refractivity contribution is 5.78. The normalized spacial score (nSPS) is 16.0. The van der Waals surface area contributed by atoms with Crippen LogP contribution in [-0.2, 0) is 0 Å². The van der Waals surface area contributed by atoms with E-state index in [0.717, 1.165) is 28.3 Å². The first-order valence-electron chi connectivity index (χ1n) is 4.49. The minimum absolute atomic E-state index is 0.810. The lowest BCUT2D eigenvalue weighted by molar-refractivity contribution is 0.566. The molecule has 0 radical (unpaired) electrons. The molecule has 2 aliphatic rings. The predicted molar refractivity (Wildman–Crippen MR) is 56.5 cm³/mol. The van der Waals surface area contributed by atoms with Crippen molar-refractivity contribution >= 4 is 30.6 Å². The van der Waals surface area contributed by atoms with Gasteiger partial charge in [0.1, 0.15) is 5.69 Å². The number of ether oxygens (including phenoxy) is 1. The molecule has 0 unspecified atom stereocenters. The van der Waals surface area contributed by atoms with Crippen LogP contribution >= 0.6 is 0 Å². The lowest BCUT2D eigenvalue weighted by Gasteiger charge is -2.10. The first kappa shape index (κ1) is 7.50. The van der Waals surface area contributed by atoms with E-state index in [9.17, 15) is 0 Å². The van der Waals surface area contributed by atoms with Gasteiger partial charge in [-0.25, -0.2) is 4.99 Å². The molecule has 0 aromatic heterocycles. The van der Waals surface area contributed by atoms with Gasteiger partial charge in [-0.15, -0.1) is 0 Å². The van der Waals surface area contributed by atoms with Gasteiger partial charge < -0.3 is 4.74 Å². The molecule has 0 N–H and O–H groups in total. The average molecular weight is 184 g/mol. The highest BCUT2D eigenvalue weighted by atomic mass is 16.5. The smallest absolute Gasteiger partial charge is 0.181 e. The van der Waals surface area contributed by atoms with E-state index in [1.54, 1.807) is 6.20 Å². The summed E-state index contributed by atoms with van der Waals surface area (Å²) in [5, 5.41) is 2.12. The maximum Gasteiger partial charge on any atom is 0.181 e. The fraction of sp³-hybridized carbons (Fsp3) is 0.0909. The molecular weight excluding hydrogens is 176 g/mol. The zero-order valence-electron chi connectivity index (χ0n) is 7.47. The van der Waals surface area contributed by atoms with Crippen LogP contribution in [-0.4, -0.2) is 12.6 Å². The molecular formula is C11H8N2O. The minimum atomic E-state index is 0.810. The van der Waals surface area contributed by atoms with E-state index in [1.807, 2.05) is 18.3 Å². The van der Waals surface area contributed by atoms with Crippen LogP contribution in [0.5, 0.6) is 5.75 Å². The first-order valence-corrected chi connectivity index (χ1v) is 4.49. The Kier molecular flexibility index (Phi) is 1.50. The molecule has 0 atom stereocenters. The summed E-state index contributed by atoms with van der Waals surface area (Å²) in [6.45, 7) is 0. The van der Waals surface area contributed by atoms with Crippen molar-refractivity contribution in [3.05, 3.63) is 22.6 Å². The Morgan fingerprint density at radius 3 is 3.14 bits per heavy atom. The van der Waals surface area contributed by atoms with Crippen LogP contribution < -0.4 is 15.2 Å². The number of hydrogen-bond donors (Lipinski definition) is 0. The van der Waals surface area contributed by atoms with Gasteiger partial charge >= 0.3 is 0 Å². The molecule has 0 saturated heterocycles. The second kappa shape index (κ2) is 2.80. The molecule has 1 aromatic carbocycles. The molecule has 3 rings (SSSR count). The quantitative estimate of drug-likeness (QED) is 0.585. The number of aliphatic imine (C=N–C) groups is 2. The molecule has 2 aliphatic heterocycles. The van der Waals surface area contributed by atoms with Crippen LogP contribution in [0.15, 0.2) is 22.1 Å². The van der Waals surface area contributed by atoms with Crippen molar-refractivity contribution in [2.45, 2.75) is 6.42 Å². The Labute approximate surface area is 80.8 Å². The molecule has 0 fully saturated rings. The fourth-order valence-corrected chi connectivity index (χ4v) is 1.64. The Hall–Kier alpha value is -1.90. The summed E-state index contributed by atoms with van der Waals surface area (Å²) in [5.74, 6) is 0.810. The van der Waals surface area contributed by atoms with E-state index < -0.39 is 0 Å². The highest BCUT2D eigenvalue weighted by Gasteiger charge is 2.09. The zero-order valence-corrected chi connectivity index (χ0v) is 7.47. The molecule has 0 aliphatic carbocycles. The summed E-state index contributed by atoms with van der Waals surface area (Å²) in [7, 11) is 0. The largest absolute Gasteiger partial charge is 0.443 e. The predicted octanol–water partition coefficient (Wildman–Crippen LogP) is 0.732. The number of fused-ring (bicyclic) bond motifs is 3. The SMILES string of the molecule is C1=NC=c2ccc3c(c2O1)N=CCC=3. The van der Waals surface area contributed by atoms with Crippen molar-refractivity contribution in [2.24, 2.45) is 9.98 Å². The van der Waals surface area contributed by atoms with Gasteiger partial charge in [-0.05, 0) is 6.07 Å². The molecule has 2 heterocycles. The van der Waals surface area contributed by atoms with E-state index in [1.165, 1.54) is 6.40 Å². The van der Waals surface area contributed by atoms with E-state index in [-0.39, 0.29) is 0 Å². The van der Waals surface area contributed by atoms with E-state index in [4.69, 9.17) is 4.74 Å². The number of rotatable bonds is 0. The molecule has 68 valence electrons. The average Bonchev–Trinajstić information content (AvgIpc) is 2.29. The lowest BCUT2D eigenvalue weighted by atomic mass is 10.1. The molecule has 0 spiro atoms. The van der Waals surface area contributed by atoms with Gasteiger partial charge in [0.05, 0.1) is 0 Å². The van der Waals surface area contributed by atoms with Crippen LogP contribution in [0.3, 0.4) is 0 Å². The Bertz CT molecular complexity index is 555. The summed E-state index contributed by atoms with van der Waals surface area (Å²) in [4.78, 5) is 8.28. The summed E-state index contributed by atoms with van der Waals surface area (Å²) in [6, 6.07) is 4.05. The maximum absolute atomic E-state index is 5.37. The molecule has 1 aromatic rings. The molecule has 14 heavy (non-hydrogen) atoms. The van der Waals surface area contributed by atoms with Crippen molar-refractivity contribution in [1.82, 2.24) is 0 Å². The molecule has 0 amide bonds. The monoisotopic (exact) mass is 184 g/mol. The summed E-state index contributed by atoms with van der Waals surface area (Å²) in [5.41, 5.74) is 0.913. The van der Waals surface area contributed by atoms with Gasteiger partial charge in [0.15, 0.2) is 12.2 Å². The van der Waals surface area contributed by atoms with E-state index >= 15 is 0 Å². The van der Waals surface area contributed by atoms with Gasteiger partial charge in [-0.3, -0.25) is 4.99 Å². The van der Waals surface area contributed by atoms with Crippen LogP contribution in [0.4, 0.5) is 5.69 Å². The third-order valence-electron chi connectivity index (χ3n) is 2.30. The number of nitrogens with zero attached hydrogens (tertiary/aromatic N) is 2.